The maximum absolute atomic E-state index is 12.8. The van der Waals surface area contributed by atoms with Crippen molar-refractivity contribution in [1.29, 1.82) is 0 Å². The van der Waals surface area contributed by atoms with Crippen LogP contribution < -0.4 is 9.80 Å². The molecule has 0 unspecified atom stereocenters. The Balaban J connectivity index is 1.46. The molecule has 3 rings (SSSR count). The molecule has 0 spiro atoms. The summed E-state index contributed by atoms with van der Waals surface area (Å²) in [5.41, 5.74) is -0.925. The van der Waals surface area contributed by atoms with Gasteiger partial charge in [-0.2, -0.15) is 13.2 Å². The average Bonchev–Trinajstić information content (AvgIpc) is 2.77. The van der Waals surface area contributed by atoms with Crippen molar-refractivity contribution >= 4 is 35.2 Å². The number of esters is 1. The molecule has 13 heteroatoms. The molecule has 0 N–H and O–H groups in total. The van der Waals surface area contributed by atoms with Crippen LogP contribution >= 0.6 is 11.6 Å². The van der Waals surface area contributed by atoms with Crippen LogP contribution in [0.4, 0.5) is 24.9 Å². The van der Waals surface area contributed by atoms with Gasteiger partial charge in [-0.3, -0.25) is 9.59 Å². The van der Waals surface area contributed by atoms with Crippen LogP contribution in [0.15, 0.2) is 30.7 Å². The Hall–Kier alpha value is -3.15. The van der Waals surface area contributed by atoms with Gasteiger partial charge in [0.15, 0.2) is 6.61 Å². The summed E-state index contributed by atoms with van der Waals surface area (Å²) in [7, 11) is 1.62. The number of carbonyl (C=O) groups excluding carboxylic acids is 2. The molecule has 2 aromatic rings. The maximum Gasteiger partial charge on any atom is 0.417 e. The van der Waals surface area contributed by atoms with Crippen LogP contribution in [-0.4, -0.2) is 78.1 Å². The number of nitrogens with zero attached hydrogens (tertiary/aromatic N) is 6. The van der Waals surface area contributed by atoms with Gasteiger partial charge in [0.1, 0.15) is 12.4 Å². The first-order valence-electron chi connectivity index (χ1n) is 9.54. The second-order valence-corrected chi connectivity index (χ2v) is 7.37. The molecule has 1 aliphatic heterocycles. The number of alkyl halides is 3. The van der Waals surface area contributed by atoms with E-state index in [0.717, 1.165) is 12.3 Å². The lowest BCUT2D eigenvalue weighted by molar-refractivity contribution is -0.151. The minimum atomic E-state index is -4.53. The van der Waals surface area contributed by atoms with Crippen LogP contribution in [0.3, 0.4) is 0 Å². The standard InChI is InChI=1S/C19H20ClF3N6O3/c1-27(18-24-3-2-4-25-18)11-16(31)32-12-15(30)28-5-7-29(8-6-28)17-14(20)9-13(10-26-17)19(21,22)23/h2-4,9-10H,5-8,11-12H2,1H3. The topological polar surface area (TPSA) is 91.8 Å². The second-order valence-electron chi connectivity index (χ2n) is 6.96. The van der Waals surface area contributed by atoms with Crippen molar-refractivity contribution in [3.05, 3.63) is 41.3 Å². The number of amides is 1. The highest BCUT2D eigenvalue weighted by Crippen LogP contribution is 2.33. The minimum absolute atomic E-state index is 0.111. The Labute approximate surface area is 186 Å². The third-order valence-electron chi connectivity index (χ3n) is 4.70. The molecule has 172 valence electrons. The molecular weight excluding hydrogens is 453 g/mol. The summed E-state index contributed by atoms with van der Waals surface area (Å²) in [6.07, 6.45) is -0.711. The molecular formula is C19H20ClF3N6O3. The van der Waals surface area contributed by atoms with Crippen LogP contribution in [0.25, 0.3) is 0 Å². The van der Waals surface area contributed by atoms with E-state index >= 15 is 0 Å². The highest BCUT2D eigenvalue weighted by atomic mass is 35.5. The summed E-state index contributed by atoms with van der Waals surface area (Å²) >= 11 is 5.98. The number of ether oxygens (including phenoxy) is 1. The third kappa shape index (κ3) is 5.96. The van der Waals surface area contributed by atoms with Crippen molar-refractivity contribution in [3.8, 4) is 0 Å². The molecule has 2 aromatic heterocycles. The van der Waals surface area contributed by atoms with Crippen molar-refractivity contribution < 1.29 is 27.5 Å². The third-order valence-corrected chi connectivity index (χ3v) is 4.98. The van der Waals surface area contributed by atoms with Crippen molar-refractivity contribution in [2.45, 2.75) is 6.18 Å². The van der Waals surface area contributed by atoms with E-state index in [1.165, 1.54) is 9.80 Å². The highest BCUT2D eigenvalue weighted by Gasteiger charge is 2.32. The molecule has 1 amide bonds. The number of piperazine rings is 1. The molecule has 1 saturated heterocycles. The van der Waals surface area contributed by atoms with Gasteiger partial charge in [-0.15, -0.1) is 0 Å². The van der Waals surface area contributed by atoms with Crippen LogP contribution in [0.1, 0.15) is 5.56 Å². The summed E-state index contributed by atoms with van der Waals surface area (Å²) in [5.74, 6) is -0.400. The first-order chi connectivity index (χ1) is 15.1. The molecule has 0 atom stereocenters. The number of aromatic nitrogens is 3. The van der Waals surface area contributed by atoms with E-state index in [0.29, 0.717) is 19.0 Å². The zero-order valence-electron chi connectivity index (χ0n) is 17.0. The Morgan fingerprint density at radius 2 is 1.81 bits per heavy atom. The molecule has 0 bridgehead atoms. The second kappa shape index (κ2) is 9.98. The van der Waals surface area contributed by atoms with Gasteiger partial charge in [0.25, 0.3) is 5.91 Å². The highest BCUT2D eigenvalue weighted by molar-refractivity contribution is 6.33. The molecule has 0 radical (unpaired) electrons. The molecule has 0 aliphatic carbocycles. The summed E-state index contributed by atoms with van der Waals surface area (Å²) < 4.78 is 43.3. The van der Waals surface area contributed by atoms with Crippen LogP contribution in [-0.2, 0) is 20.5 Å². The van der Waals surface area contributed by atoms with E-state index in [2.05, 4.69) is 15.0 Å². The maximum atomic E-state index is 12.8. The average molecular weight is 473 g/mol. The number of likely N-dealkylation sites (N-methyl/N-ethyl adjacent to an activating group) is 1. The lowest BCUT2D eigenvalue weighted by Gasteiger charge is -2.35. The zero-order chi connectivity index (χ0) is 23.3. The predicted octanol–water partition coefficient (Wildman–Crippen LogP) is 1.87. The molecule has 3 heterocycles. The van der Waals surface area contributed by atoms with Crippen LogP contribution in [0.5, 0.6) is 0 Å². The number of rotatable bonds is 6. The number of pyridine rings is 1. The Morgan fingerprint density at radius 1 is 1.16 bits per heavy atom. The Bertz CT molecular complexity index is 955. The zero-order valence-corrected chi connectivity index (χ0v) is 17.8. The van der Waals surface area contributed by atoms with Gasteiger partial charge in [-0.05, 0) is 12.1 Å². The van der Waals surface area contributed by atoms with Crippen LogP contribution in [0.2, 0.25) is 5.02 Å². The summed E-state index contributed by atoms with van der Waals surface area (Å²) in [6.45, 7) is 0.683. The number of anilines is 2. The number of carbonyl (C=O) groups is 2. The molecule has 9 nitrogen and oxygen atoms in total. The van der Waals surface area contributed by atoms with E-state index in [1.54, 1.807) is 30.4 Å². The number of halogens is 4. The van der Waals surface area contributed by atoms with E-state index in [4.69, 9.17) is 16.3 Å². The first-order valence-corrected chi connectivity index (χ1v) is 9.92. The predicted molar refractivity (Wildman–Crippen MR) is 109 cm³/mol. The summed E-state index contributed by atoms with van der Waals surface area (Å²) in [6, 6.07) is 2.48. The van der Waals surface area contributed by atoms with Gasteiger partial charge in [0.2, 0.25) is 5.95 Å². The summed E-state index contributed by atoms with van der Waals surface area (Å²) in [4.78, 5) is 40.9. The number of hydrogen-bond acceptors (Lipinski definition) is 8. The van der Waals surface area contributed by atoms with Gasteiger partial charge in [-0.25, -0.2) is 15.0 Å². The fourth-order valence-electron chi connectivity index (χ4n) is 3.02. The Morgan fingerprint density at radius 3 is 2.41 bits per heavy atom. The largest absolute Gasteiger partial charge is 0.454 e. The minimum Gasteiger partial charge on any atom is -0.454 e. The monoisotopic (exact) mass is 472 g/mol. The van der Waals surface area contributed by atoms with E-state index in [-0.39, 0.29) is 36.4 Å². The van der Waals surface area contributed by atoms with Crippen molar-refractivity contribution in [1.82, 2.24) is 19.9 Å². The van der Waals surface area contributed by atoms with Crippen molar-refractivity contribution in [2.24, 2.45) is 0 Å². The van der Waals surface area contributed by atoms with Gasteiger partial charge in [0, 0.05) is 51.8 Å². The molecule has 0 saturated carbocycles. The van der Waals surface area contributed by atoms with Crippen molar-refractivity contribution in [2.75, 3.05) is 56.2 Å². The smallest absolute Gasteiger partial charge is 0.417 e. The fraction of sp³-hybridized carbons (Fsp3) is 0.421. The molecule has 32 heavy (non-hydrogen) atoms. The van der Waals surface area contributed by atoms with E-state index in [9.17, 15) is 22.8 Å². The number of hydrogen-bond donors (Lipinski definition) is 0. The molecule has 0 aromatic carbocycles. The van der Waals surface area contributed by atoms with Gasteiger partial charge in [0.05, 0.1) is 10.6 Å². The SMILES string of the molecule is CN(CC(=O)OCC(=O)N1CCN(c2ncc(C(F)(F)F)cc2Cl)CC1)c1ncccn1. The fourth-order valence-corrected chi connectivity index (χ4v) is 3.30. The lowest BCUT2D eigenvalue weighted by Crippen LogP contribution is -2.50. The lowest BCUT2D eigenvalue weighted by atomic mass is 10.2. The van der Waals surface area contributed by atoms with Crippen LogP contribution in [0, 0.1) is 0 Å². The first kappa shape index (κ1) is 23.5. The molecule has 1 fully saturated rings. The van der Waals surface area contributed by atoms with Gasteiger partial charge in [-0.1, -0.05) is 11.6 Å². The van der Waals surface area contributed by atoms with Gasteiger partial charge < -0.3 is 19.4 Å². The van der Waals surface area contributed by atoms with Gasteiger partial charge >= 0.3 is 12.1 Å². The summed E-state index contributed by atoms with van der Waals surface area (Å²) in [5, 5.41) is -0.111. The van der Waals surface area contributed by atoms with Crippen molar-refractivity contribution in [3.63, 3.8) is 0 Å². The Kier molecular flexibility index (Phi) is 7.33. The normalized spacial score (nSPS) is 14.3. The van der Waals surface area contributed by atoms with E-state index < -0.39 is 24.3 Å². The van der Waals surface area contributed by atoms with E-state index in [1.807, 2.05) is 0 Å². The quantitative estimate of drug-likeness (QED) is 0.588. The molecule has 1 aliphatic rings.